The van der Waals surface area contributed by atoms with E-state index in [9.17, 15) is 4.79 Å². The fourth-order valence-corrected chi connectivity index (χ4v) is 3.26. The average molecular weight is 423 g/mol. The molecule has 0 spiro atoms. The van der Waals surface area contributed by atoms with Crippen molar-refractivity contribution in [3.63, 3.8) is 0 Å². The van der Waals surface area contributed by atoms with E-state index in [0.29, 0.717) is 32.6 Å². The number of carbonyl (C=O) groups excluding carboxylic acids is 1. The van der Waals surface area contributed by atoms with Gasteiger partial charge in [-0.1, -0.05) is 47.5 Å². The molecule has 4 aromatic rings. The molecule has 6 heteroatoms. The maximum Gasteiger partial charge on any atom is 0.261 e. The van der Waals surface area contributed by atoms with Crippen LogP contribution >= 0.6 is 23.2 Å². The Morgan fingerprint density at radius 2 is 1.72 bits per heavy atom. The molecule has 0 fully saturated rings. The van der Waals surface area contributed by atoms with E-state index < -0.39 is 0 Å². The van der Waals surface area contributed by atoms with Crippen LogP contribution in [0.2, 0.25) is 10.0 Å². The number of nitrogens with one attached hydrogen (secondary N) is 1. The van der Waals surface area contributed by atoms with E-state index in [1.165, 1.54) is 0 Å². The average Bonchev–Trinajstić information content (AvgIpc) is 2.71. The molecule has 3 aromatic carbocycles. The fraction of sp³-hybridized carbons (Fsp3) is 0.0435. The normalized spacial score (nSPS) is 11.6. The van der Waals surface area contributed by atoms with Gasteiger partial charge in [-0.15, -0.1) is 0 Å². The van der Waals surface area contributed by atoms with Crippen molar-refractivity contribution in [3.8, 4) is 0 Å². The summed E-state index contributed by atoms with van der Waals surface area (Å²) in [6.45, 7) is 1.95. The Labute approximate surface area is 177 Å². The topological polar surface area (TPSA) is 54.6 Å². The van der Waals surface area contributed by atoms with Crippen molar-refractivity contribution in [2.24, 2.45) is 4.99 Å². The molecule has 1 amide bonds. The van der Waals surface area contributed by atoms with Gasteiger partial charge in [0.25, 0.3) is 5.91 Å². The molecule has 0 radical (unpaired) electrons. The van der Waals surface area contributed by atoms with E-state index >= 15 is 0 Å². The Bertz CT molecular complexity index is 1280. The number of aryl methyl sites for hydroxylation is 1. The summed E-state index contributed by atoms with van der Waals surface area (Å²) in [5, 5.41) is 4.72. The first kappa shape index (κ1) is 19.2. The van der Waals surface area contributed by atoms with Gasteiger partial charge in [0.1, 0.15) is 11.1 Å². The molecular formula is C23H16Cl2N2O2. The third kappa shape index (κ3) is 4.34. The summed E-state index contributed by atoms with van der Waals surface area (Å²) in [5.74, 6) is -0.344. The highest BCUT2D eigenvalue weighted by atomic mass is 35.5. The molecule has 1 aromatic heterocycles. The summed E-state index contributed by atoms with van der Waals surface area (Å²) in [7, 11) is 0. The fourth-order valence-electron chi connectivity index (χ4n) is 2.86. The Morgan fingerprint density at radius 3 is 2.48 bits per heavy atom. The Balaban J connectivity index is 1.84. The number of hydrogen-bond acceptors (Lipinski definition) is 3. The summed E-state index contributed by atoms with van der Waals surface area (Å²) < 4.78 is 5.95. The standard InChI is InChI=1S/C23H16Cl2N2O2/c1-14-6-11-20(19(25)12-14)27-23-18(13-15-4-2-3-5-21(15)29-23)22(28)26-17-9-7-16(24)8-10-17/h2-13H,1H3,(H,26,28). The van der Waals surface area contributed by atoms with Gasteiger partial charge in [0, 0.05) is 16.1 Å². The van der Waals surface area contributed by atoms with Crippen LogP contribution in [0.3, 0.4) is 0 Å². The van der Waals surface area contributed by atoms with Crippen molar-refractivity contribution in [2.75, 3.05) is 5.32 Å². The first-order valence-corrected chi connectivity index (χ1v) is 9.66. The predicted octanol–water partition coefficient (Wildman–Crippen LogP) is 6.53. The second kappa shape index (κ2) is 8.11. The maximum atomic E-state index is 13.0. The van der Waals surface area contributed by atoms with Gasteiger partial charge in [-0.25, -0.2) is 4.99 Å². The Hall–Kier alpha value is -3.08. The van der Waals surface area contributed by atoms with Crippen molar-refractivity contribution in [1.82, 2.24) is 0 Å². The van der Waals surface area contributed by atoms with Crippen LogP contribution in [0.1, 0.15) is 15.9 Å². The van der Waals surface area contributed by atoms with E-state index in [2.05, 4.69) is 10.3 Å². The number of hydrogen-bond donors (Lipinski definition) is 1. The van der Waals surface area contributed by atoms with Crippen LogP contribution in [-0.4, -0.2) is 5.91 Å². The summed E-state index contributed by atoms with van der Waals surface area (Å²) >= 11 is 12.2. The maximum absolute atomic E-state index is 13.0. The van der Waals surface area contributed by atoms with Crippen LogP contribution in [0.25, 0.3) is 11.0 Å². The largest absolute Gasteiger partial charge is 0.438 e. The Morgan fingerprint density at radius 1 is 0.966 bits per heavy atom. The van der Waals surface area contributed by atoms with Gasteiger partial charge < -0.3 is 9.73 Å². The van der Waals surface area contributed by atoms with E-state index in [1.54, 1.807) is 36.4 Å². The first-order chi connectivity index (χ1) is 14.0. The zero-order chi connectivity index (χ0) is 20.4. The number of carbonyl (C=O) groups is 1. The minimum absolute atomic E-state index is 0.181. The van der Waals surface area contributed by atoms with E-state index in [4.69, 9.17) is 27.6 Å². The monoisotopic (exact) mass is 422 g/mol. The lowest BCUT2D eigenvalue weighted by Gasteiger charge is -2.07. The number of fused-ring (bicyclic) bond motifs is 1. The van der Waals surface area contributed by atoms with Gasteiger partial charge >= 0.3 is 0 Å². The number of nitrogens with zero attached hydrogens (tertiary/aromatic N) is 1. The second-order valence-corrected chi connectivity index (χ2v) is 7.37. The summed E-state index contributed by atoms with van der Waals surface area (Å²) in [6.07, 6.45) is 0. The lowest BCUT2D eigenvalue weighted by molar-refractivity contribution is 0.102. The molecule has 0 atom stereocenters. The van der Waals surface area contributed by atoms with E-state index in [0.717, 1.165) is 10.9 Å². The lowest BCUT2D eigenvalue weighted by atomic mass is 10.1. The SMILES string of the molecule is Cc1ccc(N=c2oc3ccccc3cc2C(=O)Nc2ccc(Cl)cc2)c(Cl)c1. The van der Waals surface area contributed by atoms with Crippen molar-refractivity contribution in [1.29, 1.82) is 0 Å². The molecule has 0 aliphatic heterocycles. The number of halogens is 2. The minimum atomic E-state index is -0.344. The molecule has 0 aliphatic rings. The van der Waals surface area contributed by atoms with Crippen molar-refractivity contribution >= 4 is 51.5 Å². The van der Waals surface area contributed by atoms with Crippen molar-refractivity contribution in [3.05, 3.63) is 99.5 Å². The van der Waals surface area contributed by atoms with Gasteiger partial charge in [0.2, 0.25) is 5.55 Å². The first-order valence-electron chi connectivity index (χ1n) is 8.90. The van der Waals surface area contributed by atoms with Gasteiger partial charge in [-0.3, -0.25) is 4.79 Å². The zero-order valence-electron chi connectivity index (χ0n) is 15.4. The molecule has 4 rings (SSSR count). The number of amides is 1. The van der Waals surface area contributed by atoms with Crippen LogP contribution in [0, 0.1) is 6.92 Å². The minimum Gasteiger partial charge on any atom is -0.438 e. The van der Waals surface area contributed by atoms with Crippen LogP contribution in [0.5, 0.6) is 0 Å². The molecule has 4 nitrogen and oxygen atoms in total. The molecule has 0 aliphatic carbocycles. The van der Waals surface area contributed by atoms with Crippen molar-refractivity contribution in [2.45, 2.75) is 6.92 Å². The lowest BCUT2D eigenvalue weighted by Crippen LogP contribution is -2.21. The van der Waals surface area contributed by atoms with Crippen LogP contribution in [-0.2, 0) is 0 Å². The zero-order valence-corrected chi connectivity index (χ0v) is 17.0. The number of anilines is 1. The van der Waals surface area contributed by atoms with Gasteiger partial charge in [0.05, 0.1) is 10.7 Å². The third-order valence-electron chi connectivity index (χ3n) is 4.33. The molecular weight excluding hydrogens is 407 g/mol. The van der Waals surface area contributed by atoms with Crippen LogP contribution in [0.15, 0.2) is 82.2 Å². The van der Waals surface area contributed by atoms with Crippen LogP contribution < -0.4 is 10.9 Å². The van der Waals surface area contributed by atoms with Crippen LogP contribution in [0.4, 0.5) is 11.4 Å². The molecule has 144 valence electrons. The van der Waals surface area contributed by atoms with E-state index in [-0.39, 0.29) is 11.5 Å². The quantitative estimate of drug-likeness (QED) is 0.407. The molecule has 0 unspecified atom stereocenters. The van der Waals surface area contributed by atoms with E-state index in [1.807, 2.05) is 43.3 Å². The van der Waals surface area contributed by atoms with Gasteiger partial charge in [0.15, 0.2) is 0 Å². The highest BCUT2D eigenvalue weighted by Gasteiger charge is 2.14. The Kier molecular flexibility index (Phi) is 5.38. The van der Waals surface area contributed by atoms with Gasteiger partial charge in [-0.05, 0) is 61.0 Å². The molecule has 1 N–H and O–H groups in total. The second-order valence-electron chi connectivity index (χ2n) is 6.53. The smallest absolute Gasteiger partial charge is 0.261 e. The molecule has 1 heterocycles. The number of para-hydroxylation sites is 1. The molecule has 0 saturated carbocycles. The van der Waals surface area contributed by atoms with Gasteiger partial charge in [-0.2, -0.15) is 0 Å². The molecule has 0 bridgehead atoms. The molecule has 29 heavy (non-hydrogen) atoms. The predicted molar refractivity (Wildman–Crippen MR) is 117 cm³/mol. The highest BCUT2D eigenvalue weighted by Crippen LogP contribution is 2.25. The third-order valence-corrected chi connectivity index (χ3v) is 4.88. The number of rotatable bonds is 3. The number of benzene rings is 3. The highest BCUT2D eigenvalue weighted by molar-refractivity contribution is 6.33. The van der Waals surface area contributed by atoms with Crippen molar-refractivity contribution < 1.29 is 9.21 Å². The molecule has 0 saturated heterocycles. The summed E-state index contributed by atoms with van der Waals surface area (Å²) in [5.41, 5.74) is 3.27. The summed E-state index contributed by atoms with van der Waals surface area (Å²) in [6, 6.07) is 21.6. The summed E-state index contributed by atoms with van der Waals surface area (Å²) in [4.78, 5) is 17.5.